The maximum Gasteiger partial charge on any atom is 0.237 e. The summed E-state index contributed by atoms with van der Waals surface area (Å²) in [5.74, 6) is 2.17. The molecule has 3 heterocycles. The maximum absolute atomic E-state index is 6.25. The van der Waals surface area contributed by atoms with Gasteiger partial charge in [0.05, 0.1) is 17.3 Å². The van der Waals surface area contributed by atoms with E-state index in [4.69, 9.17) is 16.1 Å². The lowest BCUT2D eigenvalue weighted by molar-refractivity contribution is 0.391. The average Bonchev–Trinajstić information content (AvgIpc) is 3.46. The van der Waals surface area contributed by atoms with E-state index in [-0.39, 0.29) is 0 Å². The number of rotatable bonds is 7. The Morgan fingerprint density at radius 1 is 0.938 bits per heavy atom. The van der Waals surface area contributed by atoms with Crippen LogP contribution in [-0.2, 0) is 12.3 Å². The van der Waals surface area contributed by atoms with Gasteiger partial charge in [-0.25, -0.2) is 0 Å². The monoisotopic (exact) mass is 460 g/mol. The largest absolute Gasteiger partial charge is 0.338 e. The molecular weight excluding hydrogens is 444 g/mol. The van der Waals surface area contributed by atoms with E-state index in [9.17, 15) is 0 Å². The van der Waals surface area contributed by atoms with Crippen LogP contribution in [0.5, 0.6) is 0 Å². The summed E-state index contributed by atoms with van der Waals surface area (Å²) in [6.07, 6.45) is 3.52. The molecule has 9 heteroatoms. The molecule has 0 N–H and O–H groups in total. The normalized spacial score (nSPS) is 11.0. The Kier molecular flexibility index (Phi) is 5.96. The van der Waals surface area contributed by atoms with Gasteiger partial charge in [0.1, 0.15) is 0 Å². The van der Waals surface area contributed by atoms with Crippen molar-refractivity contribution in [1.82, 2.24) is 29.9 Å². The Morgan fingerprint density at radius 2 is 1.78 bits per heavy atom. The van der Waals surface area contributed by atoms with Crippen molar-refractivity contribution in [3.63, 3.8) is 0 Å². The van der Waals surface area contributed by atoms with Crippen LogP contribution in [0.25, 0.3) is 22.8 Å². The first-order chi connectivity index (χ1) is 15.8. The molecule has 0 amide bonds. The van der Waals surface area contributed by atoms with Crippen LogP contribution in [0, 0.1) is 0 Å². The van der Waals surface area contributed by atoms with E-state index < -0.39 is 0 Å². The molecule has 0 aliphatic heterocycles. The minimum atomic E-state index is 0.456. The highest BCUT2D eigenvalue weighted by Crippen LogP contribution is 2.29. The van der Waals surface area contributed by atoms with Crippen molar-refractivity contribution in [3.05, 3.63) is 95.6 Å². The highest BCUT2D eigenvalue weighted by atomic mass is 35.5. The molecule has 0 aliphatic rings. The Morgan fingerprint density at radius 3 is 2.59 bits per heavy atom. The zero-order valence-corrected chi connectivity index (χ0v) is 18.4. The second-order valence-electron chi connectivity index (χ2n) is 6.90. The van der Waals surface area contributed by atoms with E-state index in [1.807, 2.05) is 48.5 Å². The van der Waals surface area contributed by atoms with Crippen LogP contribution < -0.4 is 0 Å². The van der Waals surface area contributed by atoms with Gasteiger partial charge < -0.3 is 4.52 Å². The van der Waals surface area contributed by atoms with Crippen LogP contribution in [0.4, 0.5) is 0 Å². The quantitative estimate of drug-likeness (QED) is 0.301. The van der Waals surface area contributed by atoms with E-state index in [2.05, 4.69) is 42.0 Å². The third-order valence-electron chi connectivity index (χ3n) is 4.73. The standard InChI is InChI=1S/C23H17ClN6OS/c24-19-11-5-4-10-18(19)21-26-20(31-29-21)15-32-23-28-27-22(17-9-6-12-25-13-17)30(23)14-16-7-2-1-3-8-16/h1-13H,14-15H2. The summed E-state index contributed by atoms with van der Waals surface area (Å²) in [5.41, 5.74) is 2.79. The van der Waals surface area contributed by atoms with Crippen LogP contribution in [0.15, 0.2) is 88.8 Å². The molecule has 2 aromatic carbocycles. The average molecular weight is 461 g/mol. The molecule has 0 aliphatic carbocycles. The van der Waals surface area contributed by atoms with Crippen LogP contribution >= 0.6 is 23.4 Å². The summed E-state index contributed by atoms with van der Waals surface area (Å²) in [7, 11) is 0. The molecule has 3 aromatic heterocycles. The zero-order valence-electron chi connectivity index (χ0n) is 16.8. The van der Waals surface area contributed by atoms with Gasteiger partial charge in [-0.05, 0) is 29.8 Å². The number of thioether (sulfide) groups is 1. The summed E-state index contributed by atoms with van der Waals surface area (Å²) in [6, 6.07) is 21.5. The number of halogens is 1. The highest BCUT2D eigenvalue weighted by Gasteiger charge is 2.17. The number of hydrogen-bond acceptors (Lipinski definition) is 7. The van der Waals surface area contributed by atoms with Crippen LogP contribution in [0.3, 0.4) is 0 Å². The predicted octanol–water partition coefficient (Wildman–Crippen LogP) is 5.38. The third kappa shape index (κ3) is 4.42. The van der Waals surface area contributed by atoms with E-state index in [1.165, 1.54) is 11.8 Å². The van der Waals surface area contributed by atoms with Gasteiger partial charge in [-0.1, -0.05) is 71.0 Å². The maximum atomic E-state index is 6.25. The molecule has 0 fully saturated rings. The van der Waals surface area contributed by atoms with E-state index in [0.717, 1.165) is 27.7 Å². The van der Waals surface area contributed by atoms with Gasteiger partial charge in [0, 0.05) is 23.5 Å². The predicted molar refractivity (Wildman–Crippen MR) is 123 cm³/mol. The SMILES string of the molecule is Clc1ccccc1-c1noc(CSc2nnc(-c3cccnc3)n2Cc2ccccc2)n1. The fourth-order valence-corrected chi connectivity index (χ4v) is 4.20. The topological polar surface area (TPSA) is 82.5 Å². The molecule has 32 heavy (non-hydrogen) atoms. The molecule has 7 nitrogen and oxygen atoms in total. The molecule has 5 aromatic rings. The molecule has 0 radical (unpaired) electrons. The molecule has 5 rings (SSSR count). The molecular formula is C23H17ClN6OS. The van der Waals surface area contributed by atoms with Gasteiger partial charge in [-0.3, -0.25) is 9.55 Å². The number of hydrogen-bond donors (Lipinski definition) is 0. The van der Waals surface area contributed by atoms with Crippen LogP contribution in [0.1, 0.15) is 11.5 Å². The molecule has 0 unspecified atom stereocenters. The molecule has 158 valence electrons. The van der Waals surface area contributed by atoms with E-state index in [0.29, 0.717) is 29.0 Å². The Bertz CT molecular complexity index is 1320. The summed E-state index contributed by atoms with van der Waals surface area (Å²) in [4.78, 5) is 8.70. The van der Waals surface area contributed by atoms with Gasteiger partial charge in [-0.2, -0.15) is 4.98 Å². The lowest BCUT2D eigenvalue weighted by atomic mass is 10.2. The Labute approximate surface area is 193 Å². The zero-order chi connectivity index (χ0) is 21.8. The minimum Gasteiger partial charge on any atom is -0.338 e. The summed E-state index contributed by atoms with van der Waals surface area (Å²) >= 11 is 7.73. The second-order valence-corrected chi connectivity index (χ2v) is 8.25. The fourth-order valence-electron chi connectivity index (χ4n) is 3.20. The number of pyridine rings is 1. The van der Waals surface area contributed by atoms with Crippen LogP contribution in [0.2, 0.25) is 5.02 Å². The van der Waals surface area contributed by atoms with Crippen molar-refractivity contribution in [2.24, 2.45) is 0 Å². The fraction of sp³-hybridized carbons (Fsp3) is 0.0870. The summed E-state index contributed by atoms with van der Waals surface area (Å²) in [5, 5.41) is 14.2. The lowest BCUT2D eigenvalue weighted by Crippen LogP contribution is -2.04. The summed E-state index contributed by atoms with van der Waals surface area (Å²) < 4.78 is 7.51. The lowest BCUT2D eigenvalue weighted by Gasteiger charge is -2.10. The highest BCUT2D eigenvalue weighted by molar-refractivity contribution is 7.98. The molecule has 0 bridgehead atoms. The molecule has 0 saturated heterocycles. The smallest absolute Gasteiger partial charge is 0.237 e. The number of benzene rings is 2. The van der Waals surface area contributed by atoms with Crippen LogP contribution in [-0.4, -0.2) is 29.9 Å². The van der Waals surface area contributed by atoms with Gasteiger partial charge in [0.15, 0.2) is 11.0 Å². The van der Waals surface area contributed by atoms with Crippen molar-refractivity contribution < 1.29 is 4.52 Å². The van der Waals surface area contributed by atoms with Gasteiger partial charge >= 0.3 is 0 Å². The Balaban J connectivity index is 1.40. The molecule has 0 atom stereocenters. The van der Waals surface area contributed by atoms with Crippen molar-refractivity contribution >= 4 is 23.4 Å². The minimum absolute atomic E-state index is 0.456. The number of aromatic nitrogens is 6. The summed E-state index contributed by atoms with van der Waals surface area (Å²) in [6.45, 7) is 0.634. The first-order valence-corrected chi connectivity index (χ1v) is 11.2. The van der Waals surface area contributed by atoms with Gasteiger partial charge in [-0.15, -0.1) is 10.2 Å². The van der Waals surface area contributed by atoms with Crippen molar-refractivity contribution in [1.29, 1.82) is 0 Å². The molecule has 0 saturated carbocycles. The second kappa shape index (κ2) is 9.33. The first-order valence-electron chi connectivity index (χ1n) is 9.86. The number of nitrogens with zero attached hydrogens (tertiary/aromatic N) is 6. The van der Waals surface area contributed by atoms with Crippen molar-refractivity contribution in [3.8, 4) is 22.8 Å². The Hall–Kier alpha value is -3.49. The third-order valence-corrected chi connectivity index (χ3v) is 6.01. The molecule has 0 spiro atoms. The first kappa shape index (κ1) is 20.4. The van der Waals surface area contributed by atoms with Gasteiger partial charge in [0.2, 0.25) is 11.7 Å². The van der Waals surface area contributed by atoms with E-state index in [1.54, 1.807) is 18.5 Å². The van der Waals surface area contributed by atoms with Crippen molar-refractivity contribution in [2.45, 2.75) is 17.5 Å². The van der Waals surface area contributed by atoms with E-state index >= 15 is 0 Å². The van der Waals surface area contributed by atoms with Crippen molar-refractivity contribution in [2.75, 3.05) is 0 Å². The van der Waals surface area contributed by atoms with Gasteiger partial charge in [0.25, 0.3) is 0 Å².